The quantitative estimate of drug-likeness (QED) is 0.513. The van der Waals surface area contributed by atoms with E-state index in [0.29, 0.717) is 33.9 Å². The Balaban J connectivity index is 1.92. The second kappa shape index (κ2) is 6.89. The summed E-state index contributed by atoms with van der Waals surface area (Å²) in [5.74, 6) is 0.319. The van der Waals surface area contributed by atoms with Crippen LogP contribution in [0.3, 0.4) is 0 Å². The molecule has 8 heteroatoms. The highest BCUT2D eigenvalue weighted by Gasteiger charge is 2.19. The maximum atomic E-state index is 14.3. The van der Waals surface area contributed by atoms with Crippen molar-refractivity contribution in [2.24, 2.45) is 12.8 Å². The number of methoxy groups -OCH3 is 2. The molecule has 3 N–H and O–H groups in total. The van der Waals surface area contributed by atoms with E-state index in [2.05, 4.69) is 9.97 Å². The highest BCUT2D eigenvalue weighted by atomic mass is 19.1. The second-order valence-corrected chi connectivity index (χ2v) is 6.96. The fourth-order valence-corrected chi connectivity index (χ4v) is 3.58. The molecule has 0 amide bonds. The van der Waals surface area contributed by atoms with Crippen molar-refractivity contribution in [3.05, 3.63) is 47.3 Å². The van der Waals surface area contributed by atoms with E-state index < -0.39 is 12.0 Å². The molecule has 2 aromatic carbocycles. The number of halogens is 1. The molecule has 0 bridgehead atoms. The molecule has 0 saturated heterocycles. The molecule has 0 spiro atoms. The SMILES string of the molecule is COC(=O)c1cc(OC)c2c(c1)nc(-c1cc3cc(F)c([C@@H](C)N)cc3[nH]1)n2C. The van der Waals surface area contributed by atoms with Crippen LogP contribution in [0.2, 0.25) is 0 Å². The van der Waals surface area contributed by atoms with Gasteiger partial charge in [0.05, 0.1) is 31.0 Å². The molecule has 0 radical (unpaired) electrons. The average molecular weight is 396 g/mol. The van der Waals surface area contributed by atoms with Gasteiger partial charge >= 0.3 is 5.97 Å². The number of fused-ring (bicyclic) bond motifs is 2. The number of aromatic nitrogens is 3. The van der Waals surface area contributed by atoms with E-state index in [1.54, 1.807) is 25.1 Å². The molecule has 0 aliphatic carbocycles. The van der Waals surface area contributed by atoms with Crippen molar-refractivity contribution in [2.45, 2.75) is 13.0 Å². The molecular weight excluding hydrogens is 375 g/mol. The minimum atomic E-state index is -0.470. The first-order valence-corrected chi connectivity index (χ1v) is 9.05. The summed E-state index contributed by atoms with van der Waals surface area (Å²) in [6, 6.07) is 7.88. The highest BCUT2D eigenvalue weighted by molar-refractivity contribution is 5.97. The zero-order valence-corrected chi connectivity index (χ0v) is 16.5. The summed E-state index contributed by atoms with van der Waals surface area (Å²) < 4.78 is 26.4. The van der Waals surface area contributed by atoms with Crippen molar-refractivity contribution in [3.63, 3.8) is 0 Å². The lowest BCUT2D eigenvalue weighted by molar-refractivity contribution is 0.0600. The van der Waals surface area contributed by atoms with E-state index in [1.807, 2.05) is 17.7 Å². The van der Waals surface area contributed by atoms with Crippen LogP contribution >= 0.6 is 0 Å². The number of H-pyrrole nitrogens is 1. The van der Waals surface area contributed by atoms with Crippen LogP contribution in [0, 0.1) is 5.82 Å². The third kappa shape index (κ3) is 3.01. The molecule has 150 valence electrons. The monoisotopic (exact) mass is 396 g/mol. The first kappa shape index (κ1) is 18.9. The predicted molar refractivity (Wildman–Crippen MR) is 108 cm³/mol. The number of carbonyl (C=O) groups is 1. The zero-order chi connectivity index (χ0) is 20.9. The lowest BCUT2D eigenvalue weighted by atomic mass is 10.1. The van der Waals surface area contributed by atoms with Gasteiger partial charge in [-0.3, -0.25) is 0 Å². The zero-order valence-electron chi connectivity index (χ0n) is 16.5. The molecular formula is C21H21FN4O3. The minimum absolute atomic E-state index is 0.340. The molecule has 29 heavy (non-hydrogen) atoms. The van der Waals surface area contributed by atoms with Crippen molar-refractivity contribution < 1.29 is 18.7 Å². The number of ether oxygens (including phenoxy) is 2. The third-order valence-electron chi connectivity index (χ3n) is 5.04. The number of rotatable bonds is 4. The van der Waals surface area contributed by atoms with Gasteiger partial charge in [0, 0.05) is 29.6 Å². The van der Waals surface area contributed by atoms with Crippen LogP contribution < -0.4 is 10.5 Å². The van der Waals surface area contributed by atoms with Crippen molar-refractivity contribution in [3.8, 4) is 17.3 Å². The molecule has 0 saturated carbocycles. The topological polar surface area (TPSA) is 95.2 Å². The normalized spacial score (nSPS) is 12.5. The number of benzene rings is 2. The Hall–Kier alpha value is -3.39. The van der Waals surface area contributed by atoms with Gasteiger partial charge in [0.15, 0.2) is 5.82 Å². The van der Waals surface area contributed by atoms with Gasteiger partial charge in [0.2, 0.25) is 0 Å². The predicted octanol–water partition coefficient (Wildman–Crippen LogP) is 3.68. The third-order valence-corrected chi connectivity index (χ3v) is 5.04. The van der Waals surface area contributed by atoms with E-state index in [4.69, 9.17) is 15.2 Å². The molecule has 2 heterocycles. The molecule has 0 unspecified atom stereocenters. The van der Waals surface area contributed by atoms with Crippen molar-refractivity contribution >= 4 is 27.9 Å². The van der Waals surface area contributed by atoms with Crippen LogP contribution in [-0.4, -0.2) is 34.7 Å². The fraction of sp³-hybridized carbons (Fsp3) is 0.238. The molecule has 7 nitrogen and oxygen atoms in total. The smallest absolute Gasteiger partial charge is 0.338 e. The van der Waals surface area contributed by atoms with Crippen LogP contribution in [0.1, 0.15) is 28.9 Å². The summed E-state index contributed by atoms with van der Waals surface area (Å²) in [6.07, 6.45) is 0. The lowest BCUT2D eigenvalue weighted by Gasteiger charge is -2.07. The average Bonchev–Trinajstić information content (AvgIpc) is 3.26. The summed E-state index contributed by atoms with van der Waals surface area (Å²) in [5, 5.41) is 0.719. The second-order valence-electron chi connectivity index (χ2n) is 6.96. The van der Waals surface area contributed by atoms with E-state index >= 15 is 0 Å². The van der Waals surface area contributed by atoms with Crippen molar-refractivity contribution in [2.75, 3.05) is 14.2 Å². The standard InChI is InChI=1S/C21H21FN4O3/c1-10(23)13-9-15-11(5-14(13)22)6-17(24-15)20-25-16-7-12(21(27)29-4)8-18(28-3)19(16)26(20)2/h5-10,24H,23H2,1-4H3/t10-/m1/s1. The Kier molecular flexibility index (Phi) is 4.50. The molecule has 4 aromatic rings. The summed E-state index contributed by atoms with van der Waals surface area (Å²) in [5.41, 5.74) is 9.45. The van der Waals surface area contributed by atoms with Gasteiger partial charge in [-0.2, -0.15) is 0 Å². The number of nitrogens with one attached hydrogen (secondary N) is 1. The first-order chi connectivity index (χ1) is 13.8. The highest BCUT2D eigenvalue weighted by Crippen LogP contribution is 2.33. The molecule has 1 atom stereocenters. The lowest BCUT2D eigenvalue weighted by Crippen LogP contribution is -2.07. The van der Waals surface area contributed by atoms with Gasteiger partial charge in [0.1, 0.15) is 17.1 Å². The van der Waals surface area contributed by atoms with Crippen LogP contribution in [0.5, 0.6) is 5.75 Å². The van der Waals surface area contributed by atoms with E-state index in [9.17, 15) is 9.18 Å². The minimum Gasteiger partial charge on any atom is -0.494 e. The number of aromatic amines is 1. The summed E-state index contributed by atoms with van der Waals surface area (Å²) in [7, 11) is 4.71. The van der Waals surface area contributed by atoms with Gasteiger partial charge in [-0.15, -0.1) is 0 Å². The van der Waals surface area contributed by atoms with Crippen molar-refractivity contribution in [1.82, 2.24) is 14.5 Å². The summed E-state index contributed by atoms with van der Waals surface area (Å²) >= 11 is 0. The Morgan fingerprint density at radius 2 is 2.00 bits per heavy atom. The largest absolute Gasteiger partial charge is 0.494 e. The number of nitrogens with zero attached hydrogens (tertiary/aromatic N) is 2. The summed E-state index contributed by atoms with van der Waals surface area (Å²) in [4.78, 5) is 19.9. The van der Waals surface area contributed by atoms with Gasteiger partial charge in [0.25, 0.3) is 0 Å². The van der Waals surface area contributed by atoms with Gasteiger partial charge in [-0.1, -0.05) is 0 Å². The number of esters is 1. The van der Waals surface area contributed by atoms with Crippen LogP contribution in [0.25, 0.3) is 33.5 Å². The molecule has 0 aliphatic heterocycles. The van der Waals surface area contributed by atoms with E-state index in [-0.39, 0.29) is 5.82 Å². The number of hydrogen-bond acceptors (Lipinski definition) is 5. The van der Waals surface area contributed by atoms with Gasteiger partial charge in [-0.05, 0) is 37.3 Å². The molecule has 0 fully saturated rings. The number of nitrogens with two attached hydrogens (primary N) is 1. The number of hydrogen-bond donors (Lipinski definition) is 2. The molecule has 2 aromatic heterocycles. The van der Waals surface area contributed by atoms with E-state index in [0.717, 1.165) is 16.4 Å². The van der Waals surface area contributed by atoms with Crippen LogP contribution in [0.15, 0.2) is 30.3 Å². The van der Waals surface area contributed by atoms with E-state index in [1.165, 1.54) is 20.3 Å². The van der Waals surface area contributed by atoms with Crippen molar-refractivity contribution in [1.29, 1.82) is 0 Å². The molecule has 4 rings (SSSR count). The van der Waals surface area contributed by atoms with Gasteiger partial charge < -0.3 is 24.8 Å². The number of imidazole rings is 1. The van der Waals surface area contributed by atoms with Crippen LogP contribution in [-0.2, 0) is 11.8 Å². The maximum absolute atomic E-state index is 14.3. The number of aryl methyl sites for hydroxylation is 1. The van der Waals surface area contributed by atoms with Crippen LogP contribution in [0.4, 0.5) is 4.39 Å². The molecule has 0 aliphatic rings. The Bertz CT molecular complexity index is 1260. The Labute approximate surface area is 166 Å². The Morgan fingerprint density at radius 3 is 2.66 bits per heavy atom. The first-order valence-electron chi connectivity index (χ1n) is 9.05. The number of carbonyl (C=O) groups excluding carboxylic acids is 1. The fourth-order valence-electron chi connectivity index (χ4n) is 3.58. The Morgan fingerprint density at radius 1 is 1.24 bits per heavy atom. The maximum Gasteiger partial charge on any atom is 0.338 e. The van der Waals surface area contributed by atoms with Gasteiger partial charge in [-0.25, -0.2) is 14.2 Å². The summed E-state index contributed by atoms with van der Waals surface area (Å²) in [6.45, 7) is 1.74.